The molecule has 0 bridgehead atoms. The minimum atomic E-state index is -1.64. The Hall–Kier alpha value is 0.357. The van der Waals surface area contributed by atoms with Gasteiger partial charge in [-0.1, -0.05) is 36.7 Å². The first-order chi connectivity index (χ1) is 7.74. The van der Waals surface area contributed by atoms with Gasteiger partial charge in [0.2, 0.25) is 0 Å². The molecule has 2 rings (SSSR count). The molecule has 1 saturated carbocycles. The van der Waals surface area contributed by atoms with Gasteiger partial charge in [0.15, 0.2) is 8.32 Å². The van der Waals surface area contributed by atoms with Crippen LogP contribution < -0.4 is 0 Å². The standard InChI is InChI=1S/C13H23BrO2Si/c1-13(2,3)17(4,5)16-10-6-9(8-14)12-11(7-10)15-12/h8,10-12H,6-7H2,1-5H3/b9-8+/t10-,11+,12-/m1/s1. The molecule has 2 nitrogen and oxygen atoms in total. The smallest absolute Gasteiger partial charge is 0.192 e. The summed E-state index contributed by atoms with van der Waals surface area (Å²) in [6, 6.07) is 0. The van der Waals surface area contributed by atoms with Crippen molar-refractivity contribution >= 4 is 24.2 Å². The Labute approximate surface area is 114 Å². The number of hydrogen-bond donors (Lipinski definition) is 0. The highest BCUT2D eigenvalue weighted by atomic mass is 79.9. The van der Waals surface area contributed by atoms with Crippen LogP contribution in [0.25, 0.3) is 0 Å². The third-order valence-corrected chi connectivity index (χ3v) is 9.44. The number of ether oxygens (including phenoxy) is 1. The molecule has 2 aliphatic rings. The lowest BCUT2D eigenvalue weighted by Gasteiger charge is -2.40. The Balaban J connectivity index is 2.00. The first-order valence-electron chi connectivity index (χ1n) is 6.37. The van der Waals surface area contributed by atoms with Crippen LogP contribution in [-0.2, 0) is 9.16 Å². The summed E-state index contributed by atoms with van der Waals surface area (Å²) in [5.74, 6) is 0. The molecule has 0 aromatic carbocycles. The van der Waals surface area contributed by atoms with Crippen molar-refractivity contribution in [2.45, 2.75) is 70.1 Å². The molecule has 0 aromatic rings. The zero-order chi connectivity index (χ0) is 12.8. The summed E-state index contributed by atoms with van der Waals surface area (Å²) < 4.78 is 12.1. The zero-order valence-corrected chi connectivity index (χ0v) is 14.0. The molecule has 98 valence electrons. The minimum Gasteiger partial charge on any atom is -0.414 e. The normalized spacial score (nSPS) is 35.9. The van der Waals surface area contributed by atoms with Crippen molar-refractivity contribution in [3.05, 3.63) is 10.6 Å². The number of hydrogen-bond acceptors (Lipinski definition) is 2. The van der Waals surface area contributed by atoms with Crippen molar-refractivity contribution in [1.82, 2.24) is 0 Å². The summed E-state index contributed by atoms with van der Waals surface area (Å²) in [5, 5.41) is 0.284. The fourth-order valence-corrected chi connectivity index (χ4v) is 3.97. The Kier molecular flexibility index (Phi) is 3.63. The lowest BCUT2D eigenvalue weighted by atomic mass is 9.94. The quantitative estimate of drug-likeness (QED) is 0.561. The SMILES string of the molecule is CC(C)(C)[Si](C)(C)O[C@@H]1C/C(=C\Br)[C@H]2O[C@H]2C1. The van der Waals surface area contributed by atoms with E-state index in [1.54, 1.807) is 0 Å². The molecular weight excluding hydrogens is 296 g/mol. The average Bonchev–Trinajstić information content (AvgIpc) is 2.92. The van der Waals surface area contributed by atoms with Gasteiger partial charge in [0, 0.05) is 6.42 Å². The highest BCUT2D eigenvalue weighted by Crippen LogP contribution is 2.45. The fraction of sp³-hybridized carbons (Fsp3) is 0.846. The second-order valence-corrected chi connectivity index (χ2v) is 11.9. The largest absolute Gasteiger partial charge is 0.414 e. The summed E-state index contributed by atoms with van der Waals surface area (Å²) >= 11 is 3.44. The van der Waals surface area contributed by atoms with E-state index in [0.717, 1.165) is 12.8 Å². The van der Waals surface area contributed by atoms with Gasteiger partial charge >= 0.3 is 0 Å². The van der Waals surface area contributed by atoms with E-state index < -0.39 is 8.32 Å². The Morgan fingerprint density at radius 3 is 2.59 bits per heavy atom. The first-order valence-corrected chi connectivity index (χ1v) is 10.2. The Morgan fingerprint density at radius 2 is 2.06 bits per heavy atom. The highest BCUT2D eigenvalue weighted by Gasteiger charge is 2.49. The Morgan fingerprint density at radius 1 is 1.41 bits per heavy atom. The first kappa shape index (κ1) is 13.8. The van der Waals surface area contributed by atoms with E-state index >= 15 is 0 Å². The van der Waals surface area contributed by atoms with Crippen molar-refractivity contribution in [2.24, 2.45) is 0 Å². The summed E-state index contributed by atoms with van der Waals surface area (Å²) in [5.41, 5.74) is 1.37. The van der Waals surface area contributed by atoms with Gasteiger partial charge in [-0.05, 0) is 35.1 Å². The lowest BCUT2D eigenvalue weighted by molar-refractivity contribution is 0.158. The molecule has 0 N–H and O–H groups in total. The molecule has 4 heteroatoms. The van der Waals surface area contributed by atoms with Crippen LogP contribution in [-0.4, -0.2) is 26.6 Å². The average molecular weight is 319 g/mol. The molecule has 0 unspecified atom stereocenters. The highest BCUT2D eigenvalue weighted by molar-refractivity contribution is 9.11. The number of halogens is 1. The van der Waals surface area contributed by atoms with E-state index in [9.17, 15) is 0 Å². The topological polar surface area (TPSA) is 21.8 Å². The van der Waals surface area contributed by atoms with Gasteiger partial charge in [0.1, 0.15) is 6.10 Å². The molecule has 2 fully saturated rings. The van der Waals surface area contributed by atoms with Crippen molar-refractivity contribution in [2.75, 3.05) is 0 Å². The van der Waals surface area contributed by atoms with Crippen LogP contribution in [0, 0.1) is 0 Å². The van der Waals surface area contributed by atoms with Crippen LogP contribution in [0.5, 0.6) is 0 Å². The fourth-order valence-electron chi connectivity index (χ4n) is 2.16. The van der Waals surface area contributed by atoms with Crippen molar-refractivity contribution in [3.63, 3.8) is 0 Å². The predicted octanol–water partition coefficient (Wildman–Crippen LogP) is 4.22. The summed E-state index contributed by atoms with van der Waals surface area (Å²) in [6.07, 6.45) is 3.25. The van der Waals surface area contributed by atoms with Crippen LogP contribution in [0.15, 0.2) is 10.6 Å². The maximum Gasteiger partial charge on any atom is 0.192 e. The van der Waals surface area contributed by atoms with Gasteiger partial charge in [-0.3, -0.25) is 0 Å². The number of rotatable bonds is 2. The molecule has 1 saturated heterocycles. The van der Waals surface area contributed by atoms with Gasteiger partial charge < -0.3 is 9.16 Å². The third kappa shape index (κ3) is 2.86. The lowest BCUT2D eigenvalue weighted by Crippen LogP contribution is -2.45. The second kappa shape index (κ2) is 4.48. The molecule has 17 heavy (non-hydrogen) atoms. The third-order valence-electron chi connectivity index (χ3n) is 4.31. The van der Waals surface area contributed by atoms with Crippen LogP contribution in [0.4, 0.5) is 0 Å². The van der Waals surface area contributed by atoms with Crippen LogP contribution in [0.1, 0.15) is 33.6 Å². The van der Waals surface area contributed by atoms with Crippen molar-refractivity contribution < 1.29 is 9.16 Å². The molecule has 3 atom stereocenters. The summed E-state index contributed by atoms with van der Waals surface area (Å²) in [4.78, 5) is 2.03. The Bertz CT molecular complexity index is 333. The van der Waals surface area contributed by atoms with E-state index in [4.69, 9.17) is 9.16 Å². The number of fused-ring (bicyclic) bond motifs is 1. The van der Waals surface area contributed by atoms with Gasteiger partial charge in [0.25, 0.3) is 0 Å². The number of epoxide rings is 1. The van der Waals surface area contributed by atoms with Crippen LogP contribution in [0.3, 0.4) is 0 Å². The molecule has 1 aliphatic carbocycles. The van der Waals surface area contributed by atoms with E-state index in [0.29, 0.717) is 18.3 Å². The molecule has 0 aromatic heterocycles. The van der Waals surface area contributed by atoms with E-state index in [1.807, 2.05) is 4.99 Å². The van der Waals surface area contributed by atoms with Crippen molar-refractivity contribution in [3.8, 4) is 0 Å². The van der Waals surface area contributed by atoms with Gasteiger partial charge in [0.05, 0.1) is 12.2 Å². The maximum absolute atomic E-state index is 6.47. The minimum absolute atomic E-state index is 0.284. The molecule has 0 spiro atoms. The second-order valence-electron chi connectivity index (χ2n) is 6.72. The van der Waals surface area contributed by atoms with Gasteiger partial charge in [-0.25, -0.2) is 0 Å². The molecular formula is C13H23BrO2Si. The van der Waals surface area contributed by atoms with E-state index in [-0.39, 0.29) is 5.04 Å². The molecule has 1 aliphatic heterocycles. The molecule has 0 amide bonds. The van der Waals surface area contributed by atoms with Crippen molar-refractivity contribution in [1.29, 1.82) is 0 Å². The van der Waals surface area contributed by atoms with Crippen LogP contribution in [0.2, 0.25) is 18.1 Å². The zero-order valence-electron chi connectivity index (χ0n) is 11.4. The van der Waals surface area contributed by atoms with Gasteiger partial charge in [-0.15, -0.1) is 0 Å². The molecule has 1 heterocycles. The summed E-state index contributed by atoms with van der Waals surface area (Å²) in [7, 11) is -1.64. The maximum atomic E-state index is 6.47. The van der Waals surface area contributed by atoms with Crippen LogP contribution >= 0.6 is 15.9 Å². The predicted molar refractivity (Wildman–Crippen MR) is 77.0 cm³/mol. The monoisotopic (exact) mass is 318 g/mol. The van der Waals surface area contributed by atoms with Gasteiger partial charge in [-0.2, -0.15) is 0 Å². The molecule has 0 radical (unpaired) electrons. The summed E-state index contributed by atoms with van der Waals surface area (Å²) in [6.45, 7) is 11.5. The van der Waals surface area contributed by atoms with E-state index in [2.05, 4.69) is 49.8 Å². The van der Waals surface area contributed by atoms with E-state index in [1.165, 1.54) is 5.57 Å².